The molecular weight excluding hydrogens is 462 g/mol. The van der Waals surface area contributed by atoms with E-state index in [0.29, 0.717) is 31.7 Å². The molecule has 2 atom stereocenters. The van der Waals surface area contributed by atoms with Crippen molar-refractivity contribution in [2.45, 2.75) is 18.5 Å². The summed E-state index contributed by atoms with van der Waals surface area (Å²) in [7, 11) is 0. The molecule has 186 valence electrons. The molecule has 0 spiro atoms. The predicted molar refractivity (Wildman–Crippen MR) is 131 cm³/mol. The number of carbonyl (C=O) groups is 2. The van der Waals surface area contributed by atoms with Crippen LogP contribution in [0.1, 0.15) is 22.9 Å². The number of benzene rings is 2. The predicted octanol–water partition coefficient (Wildman–Crippen LogP) is 0.676. The number of H-pyrrole nitrogens is 1. The van der Waals surface area contributed by atoms with Crippen LogP contribution in [0.15, 0.2) is 48.5 Å². The number of nitro groups is 1. The van der Waals surface area contributed by atoms with Gasteiger partial charge in [0, 0.05) is 35.2 Å². The third-order valence-electron chi connectivity index (χ3n) is 7.67. The number of nitrogens with zero attached hydrogens (tertiary/aromatic N) is 3. The number of morpholine rings is 1. The second-order valence-corrected chi connectivity index (χ2v) is 9.71. The Labute approximate surface area is 207 Å². The maximum Gasteiger partial charge on any atom is 0.269 e. The van der Waals surface area contributed by atoms with Crippen molar-refractivity contribution < 1.29 is 24.1 Å². The van der Waals surface area contributed by atoms with Crippen LogP contribution in [0.5, 0.6) is 0 Å². The number of ether oxygens (including phenoxy) is 1. The number of hydrogen-bond donors (Lipinski definition) is 2. The molecule has 2 N–H and O–H groups in total. The van der Waals surface area contributed by atoms with Gasteiger partial charge in [-0.05, 0) is 17.2 Å². The largest absolute Gasteiger partial charge is 0.370 e. The summed E-state index contributed by atoms with van der Waals surface area (Å²) in [6.45, 7) is 4.55. The van der Waals surface area contributed by atoms with E-state index in [-0.39, 0.29) is 24.0 Å². The third kappa shape index (κ3) is 3.82. The van der Waals surface area contributed by atoms with Gasteiger partial charge in [-0.2, -0.15) is 0 Å². The molecule has 6 rings (SSSR count). The number of hydrogen-bond acceptors (Lipinski definition) is 5. The Bertz CT molecular complexity index is 1350. The van der Waals surface area contributed by atoms with E-state index in [1.54, 1.807) is 21.9 Å². The van der Waals surface area contributed by atoms with Gasteiger partial charge in [0.15, 0.2) is 0 Å². The minimum atomic E-state index is -0.651. The number of fused-ring (bicyclic) bond motifs is 4. The summed E-state index contributed by atoms with van der Waals surface area (Å²) in [4.78, 5) is 46.6. The van der Waals surface area contributed by atoms with E-state index >= 15 is 0 Å². The summed E-state index contributed by atoms with van der Waals surface area (Å²) in [5, 5.41) is 12.5. The van der Waals surface area contributed by atoms with Crippen molar-refractivity contribution in [2.24, 2.45) is 0 Å². The number of nitrogens with one attached hydrogen (secondary N) is 2. The summed E-state index contributed by atoms with van der Waals surface area (Å²) in [5.41, 5.74) is 3.31. The fraction of sp³-hybridized carbons (Fsp3) is 0.385. The van der Waals surface area contributed by atoms with Crippen LogP contribution >= 0.6 is 0 Å². The number of aromatic amines is 1. The van der Waals surface area contributed by atoms with Gasteiger partial charge in [0.25, 0.3) is 5.69 Å². The van der Waals surface area contributed by atoms with E-state index in [9.17, 15) is 19.7 Å². The summed E-state index contributed by atoms with van der Waals surface area (Å²) >= 11 is 0. The van der Waals surface area contributed by atoms with Gasteiger partial charge in [-0.1, -0.05) is 30.3 Å². The molecule has 4 heterocycles. The van der Waals surface area contributed by atoms with Crippen LogP contribution < -0.4 is 4.90 Å². The van der Waals surface area contributed by atoms with Gasteiger partial charge in [0.05, 0.1) is 37.3 Å². The van der Waals surface area contributed by atoms with Crippen molar-refractivity contribution >= 4 is 28.4 Å². The lowest BCUT2D eigenvalue weighted by molar-refractivity contribution is -0.907. The van der Waals surface area contributed by atoms with Crippen LogP contribution in [0.3, 0.4) is 0 Å². The summed E-state index contributed by atoms with van der Waals surface area (Å²) < 4.78 is 5.43. The second-order valence-electron chi connectivity index (χ2n) is 9.71. The van der Waals surface area contributed by atoms with Crippen LogP contribution in [0.4, 0.5) is 5.69 Å². The van der Waals surface area contributed by atoms with Gasteiger partial charge in [-0.3, -0.25) is 19.7 Å². The highest BCUT2D eigenvalue weighted by Gasteiger charge is 2.48. The molecule has 1 aromatic heterocycles. The maximum absolute atomic E-state index is 13.8. The highest BCUT2D eigenvalue weighted by molar-refractivity contribution is 5.97. The molecule has 0 radical (unpaired) electrons. The highest BCUT2D eigenvalue weighted by Crippen LogP contribution is 2.43. The molecule has 0 aliphatic carbocycles. The minimum absolute atomic E-state index is 0.0140. The number of amides is 2. The van der Waals surface area contributed by atoms with E-state index in [1.165, 1.54) is 17.0 Å². The average molecular weight is 491 g/mol. The first-order valence-corrected chi connectivity index (χ1v) is 12.4. The van der Waals surface area contributed by atoms with Gasteiger partial charge in [-0.25, -0.2) is 0 Å². The molecule has 2 amide bonds. The fourth-order valence-corrected chi connectivity index (χ4v) is 5.87. The molecule has 3 aromatic rings. The molecular formula is C26H28N5O5+. The Balaban J connectivity index is 1.39. The molecule has 2 aromatic carbocycles. The van der Waals surface area contributed by atoms with E-state index in [0.717, 1.165) is 41.8 Å². The fourth-order valence-electron chi connectivity index (χ4n) is 5.87. The first-order valence-electron chi connectivity index (χ1n) is 12.4. The number of non-ortho nitro benzene ring substituents is 1. The number of carbonyl (C=O) groups excluding carboxylic acids is 2. The summed E-state index contributed by atoms with van der Waals surface area (Å²) in [6, 6.07) is 13.0. The lowest BCUT2D eigenvalue weighted by atomic mass is 9.86. The molecule has 3 aliphatic heterocycles. The maximum atomic E-state index is 13.8. The lowest BCUT2D eigenvalue weighted by Gasteiger charge is -2.47. The standard InChI is InChI=1S/C26H27N5O5/c32-23-16-29(9-8-28-10-12-36-13-11-28)26(33)22-15-20-19-6-1-2-7-21(19)27-24(20)25(30(22)23)17-4-3-5-18(14-17)31(34)35/h1-7,14,22,25,27H,8-13,15-16H2/p+1/t22-,25+/m0/s1. The van der Waals surface area contributed by atoms with Crippen molar-refractivity contribution in [1.29, 1.82) is 0 Å². The van der Waals surface area contributed by atoms with Gasteiger partial charge in [0.1, 0.15) is 25.7 Å². The van der Waals surface area contributed by atoms with Gasteiger partial charge < -0.3 is 24.4 Å². The van der Waals surface area contributed by atoms with Crippen LogP contribution in [-0.4, -0.2) is 83.5 Å². The Hall–Kier alpha value is -3.76. The molecule has 3 aliphatic rings. The molecule has 10 heteroatoms. The Morgan fingerprint density at radius 1 is 1.11 bits per heavy atom. The summed E-state index contributed by atoms with van der Waals surface area (Å²) in [6.07, 6.45) is 0.413. The lowest BCUT2D eigenvalue weighted by Crippen LogP contribution is -3.14. The van der Waals surface area contributed by atoms with E-state index < -0.39 is 17.0 Å². The van der Waals surface area contributed by atoms with E-state index in [2.05, 4.69) is 4.98 Å². The number of rotatable bonds is 5. The van der Waals surface area contributed by atoms with Crippen LogP contribution in [0, 0.1) is 10.1 Å². The smallest absolute Gasteiger partial charge is 0.269 e. The van der Waals surface area contributed by atoms with Crippen molar-refractivity contribution in [3.63, 3.8) is 0 Å². The van der Waals surface area contributed by atoms with Crippen molar-refractivity contribution in [3.8, 4) is 0 Å². The van der Waals surface area contributed by atoms with E-state index in [4.69, 9.17) is 4.74 Å². The topological polar surface area (TPSA) is 113 Å². The molecule has 2 fully saturated rings. The van der Waals surface area contributed by atoms with Crippen LogP contribution in [0.2, 0.25) is 0 Å². The molecule has 0 saturated carbocycles. The number of nitro benzene ring substituents is 1. The van der Waals surface area contributed by atoms with Gasteiger partial charge in [0.2, 0.25) is 11.8 Å². The normalized spacial score (nSPS) is 22.6. The third-order valence-corrected chi connectivity index (χ3v) is 7.67. The summed E-state index contributed by atoms with van der Waals surface area (Å²) in [5.74, 6) is -0.203. The number of para-hydroxylation sites is 1. The van der Waals surface area contributed by atoms with Gasteiger partial charge in [-0.15, -0.1) is 0 Å². The minimum Gasteiger partial charge on any atom is -0.370 e. The zero-order valence-electron chi connectivity index (χ0n) is 19.8. The first kappa shape index (κ1) is 22.7. The highest BCUT2D eigenvalue weighted by atomic mass is 16.6. The van der Waals surface area contributed by atoms with E-state index in [1.807, 2.05) is 24.3 Å². The Kier molecular flexibility index (Phi) is 5.69. The average Bonchev–Trinajstić information content (AvgIpc) is 3.28. The Morgan fingerprint density at radius 3 is 2.72 bits per heavy atom. The van der Waals surface area contributed by atoms with Gasteiger partial charge >= 0.3 is 0 Å². The monoisotopic (exact) mass is 490 g/mol. The number of quaternary nitrogens is 1. The molecule has 2 saturated heterocycles. The Morgan fingerprint density at radius 2 is 1.92 bits per heavy atom. The molecule has 10 nitrogen and oxygen atoms in total. The molecule has 0 unspecified atom stereocenters. The SMILES string of the molecule is O=C1[C@@H]2Cc3c([nH]c4ccccc34)[C@@H](c3cccc([N+](=O)[O-])c3)N2C(=O)CN1CC[NH+]1CCOCC1. The zero-order valence-corrected chi connectivity index (χ0v) is 19.8. The van der Waals surface area contributed by atoms with Crippen molar-refractivity contribution in [1.82, 2.24) is 14.8 Å². The van der Waals surface area contributed by atoms with Crippen molar-refractivity contribution in [2.75, 3.05) is 45.9 Å². The first-order chi connectivity index (χ1) is 17.5. The molecule has 0 bridgehead atoms. The molecule has 36 heavy (non-hydrogen) atoms. The number of piperazine rings is 1. The van der Waals surface area contributed by atoms with Crippen molar-refractivity contribution in [3.05, 3.63) is 75.5 Å². The van der Waals surface area contributed by atoms with Crippen LogP contribution in [-0.2, 0) is 20.7 Å². The van der Waals surface area contributed by atoms with Crippen LogP contribution in [0.25, 0.3) is 10.9 Å². The quantitative estimate of drug-likeness (QED) is 0.403. The second kappa shape index (κ2) is 9.03. The zero-order chi connectivity index (χ0) is 24.8. The number of aromatic nitrogens is 1.